The number of oxazole rings is 2. The highest BCUT2D eigenvalue weighted by atomic mass is 16.4. The van der Waals surface area contributed by atoms with E-state index in [4.69, 9.17) is 18.8 Å². The third-order valence-corrected chi connectivity index (χ3v) is 15.1. The molecule has 15 rings (SSSR count). The van der Waals surface area contributed by atoms with Gasteiger partial charge in [0.05, 0.1) is 0 Å². The number of hydrogen-bond acceptors (Lipinski definition) is 6. The Morgan fingerprint density at radius 3 is 0.949 bits per heavy atom. The van der Waals surface area contributed by atoms with E-state index < -0.39 is 0 Å². The molecule has 15 aromatic rings. The van der Waals surface area contributed by atoms with Gasteiger partial charge >= 0.3 is 0 Å². The van der Waals surface area contributed by atoms with Crippen molar-refractivity contribution in [1.82, 2.24) is 9.97 Å². The van der Waals surface area contributed by atoms with Gasteiger partial charge in [0, 0.05) is 45.3 Å². The summed E-state index contributed by atoms with van der Waals surface area (Å²) in [6, 6.07) is 99.0. The fourth-order valence-corrected chi connectivity index (χ4v) is 11.1. The second kappa shape index (κ2) is 18.7. The van der Waals surface area contributed by atoms with Gasteiger partial charge in [0.1, 0.15) is 11.0 Å². The molecule has 366 valence electrons. The SMILES string of the molecule is c1ccc2cc(-c3ccc(N(c4ccc(-c5nc6ccccc6o5)cc4)c4ccc5c(ccc6cc(N(c7ccc(-c8ccc9ccccc9c8)cc7)c7ccc(-c8nc9ccccc9o8)cc7)ccc65)c4)cc3)ccc2c1. The van der Waals surface area contributed by atoms with Crippen LogP contribution in [0.5, 0.6) is 0 Å². The molecule has 6 heteroatoms. The molecule has 78 heavy (non-hydrogen) atoms. The van der Waals surface area contributed by atoms with E-state index in [2.05, 4.69) is 240 Å². The lowest BCUT2D eigenvalue weighted by Gasteiger charge is -2.27. The van der Waals surface area contributed by atoms with Gasteiger partial charge < -0.3 is 18.6 Å². The molecule has 2 heterocycles. The number of benzene rings is 13. The molecule has 0 spiro atoms. The van der Waals surface area contributed by atoms with Gasteiger partial charge in [0.2, 0.25) is 11.8 Å². The summed E-state index contributed by atoms with van der Waals surface area (Å²) < 4.78 is 12.4. The lowest BCUT2D eigenvalue weighted by Crippen LogP contribution is -2.10. The van der Waals surface area contributed by atoms with Crippen molar-refractivity contribution >= 4 is 99.4 Å². The van der Waals surface area contributed by atoms with Crippen molar-refractivity contribution in [2.45, 2.75) is 0 Å². The van der Waals surface area contributed by atoms with Crippen LogP contribution in [0.1, 0.15) is 0 Å². The maximum Gasteiger partial charge on any atom is 0.227 e. The first kappa shape index (κ1) is 44.9. The first-order chi connectivity index (χ1) is 38.6. The van der Waals surface area contributed by atoms with Crippen molar-refractivity contribution in [3.8, 4) is 45.2 Å². The predicted molar refractivity (Wildman–Crippen MR) is 323 cm³/mol. The standard InChI is InChI=1S/C72H46N4O2/c1-3-11-53-43-55(19-17-47(53)9-1)49-23-31-59(32-24-49)75(61-35-27-51(28-36-61)71-73-67-13-5-7-15-69(67)77-71)63-39-41-65-57(45-63)21-22-58-46-64(40-42-66(58)65)76(62-37-29-52(30-38-62)72-74-68-14-6-8-16-70(68)78-72)60-33-25-50(26-34-60)56-20-18-48-10-2-4-12-54(48)44-56/h1-46H. The molecule has 2 aromatic heterocycles. The normalized spacial score (nSPS) is 11.6. The highest BCUT2D eigenvalue weighted by Crippen LogP contribution is 2.43. The summed E-state index contributed by atoms with van der Waals surface area (Å²) in [6.07, 6.45) is 0. The molecule has 0 saturated carbocycles. The minimum Gasteiger partial charge on any atom is -0.436 e. The lowest BCUT2D eigenvalue weighted by molar-refractivity contribution is 0.619. The monoisotopic (exact) mass is 998 g/mol. The van der Waals surface area contributed by atoms with Crippen LogP contribution >= 0.6 is 0 Å². The smallest absolute Gasteiger partial charge is 0.227 e. The molecule has 0 atom stereocenters. The summed E-state index contributed by atoms with van der Waals surface area (Å²) in [6.45, 7) is 0. The van der Waals surface area contributed by atoms with Crippen molar-refractivity contribution in [2.75, 3.05) is 9.80 Å². The van der Waals surface area contributed by atoms with Crippen LogP contribution in [0.15, 0.2) is 288 Å². The van der Waals surface area contributed by atoms with Crippen molar-refractivity contribution in [3.05, 3.63) is 279 Å². The first-order valence-electron chi connectivity index (χ1n) is 26.3. The Bertz CT molecular complexity index is 4360. The van der Waals surface area contributed by atoms with Gasteiger partial charge in [-0.3, -0.25) is 0 Å². The van der Waals surface area contributed by atoms with E-state index in [-0.39, 0.29) is 0 Å². The summed E-state index contributed by atoms with van der Waals surface area (Å²) in [7, 11) is 0. The van der Waals surface area contributed by atoms with E-state index in [1.54, 1.807) is 0 Å². The molecule has 0 bridgehead atoms. The van der Waals surface area contributed by atoms with E-state index in [0.717, 1.165) is 89.4 Å². The van der Waals surface area contributed by atoms with Gasteiger partial charge in [-0.25, -0.2) is 9.97 Å². The van der Waals surface area contributed by atoms with E-state index in [1.165, 1.54) is 43.4 Å². The summed E-state index contributed by atoms with van der Waals surface area (Å²) >= 11 is 0. The Kier molecular flexibility index (Phi) is 10.7. The van der Waals surface area contributed by atoms with Crippen LogP contribution in [0.2, 0.25) is 0 Å². The minimum absolute atomic E-state index is 0.599. The molecule has 0 fully saturated rings. The fourth-order valence-electron chi connectivity index (χ4n) is 11.1. The van der Waals surface area contributed by atoms with Gasteiger partial charge in [-0.05, 0) is 199 Å². The molecule has 6 nitrogen and oxygen atoms in total. The van der Waals surface area contributed by atoms with E-state index >= 15 is 0 Å². The fraction of sp³-hybridized carbons (Fsp3) is 0. The number of anilines is 6. The maximum atomic E-state index is 6.18. The first-order valence-corrected chi connectivity index (χ1v) is 26.3. The lowest BCUT2D eigenvalue weighted by atomic mass is 9.99. The zero-order valence-corrected chi connectivity index (χ0v) is 42.2. The van der Waals surface area contributed by atoms with Crippen LogP contribution in [0.4, 0.5) is 34.1 Å². The summed E-state index contributed by atoms with van der Waals surface area (Å²) in [5.41, 5.74) is 16.0. The molecular formula is C72H46N4O2. The van der Waals surface area contributed by atoms with Crippen LogP contribution in [-0.4, -0.2) is 9.97 Å². The Morgan fingerprint density at radius 2 is 0.551 bits per heavy atom. The van der Waals surface area contributed by atoms with Gasteiger partial charge in [-0.15, -0.1) is 0 Å². The molecule has 0 aliphatic heterocycles. The maximum absolute atomic E-state index is 6.18. The predicted octanol–water partition coefficient (Wildman–Crippen LogP) is 20.2. The molecule has 0 saturated heterocycles. The third kappa shape index (κ3) is 8.16. The Hall–Kier alpha value is -10.6. The molecule has 0 aliphatic carbocycles. The number of aromatic nitrogens is 2. The number of hydrogen-bond donors (Lipinski definition) is 0. The second-order valence-electron chi connectivity index (χ2n) is 19.8. The molecule has 0 aliphatic rings. The quantitative estimate of drug-likeness (QED) is 0.127. The molecule has 0 radical (unpaired) electrons. The Labute approximate surface area is 450 Å². The number of rotatable bonds is 10. The van der Waals surface area contributed by atoms with Crippen LogP contribution in [0, 0.1) is 0 Å². The largest absolute Gasteiger partial charge is 0.436 e. The molecular weight excluding hydrogens is 953 g/mol. The van der Waals surface area contributed by atoms with Crippen molar-refractivity contribution in [3.63, 3.8) is 0 Å². The van der Waals surface area contributed by atoms with Gasteiger partial charge in [-0.2, -0.15) is 0 Å². The summed E-state index contributed by atoms with van der Waals surface area (Å²) in [4.78, 5) is 14.2. The molecule has 13 aromatic carbocycles. The average Bonchev–Trinajstić information content (AvgIpc) is 4.16. The van der Waals surface area contributed by atoms with Gasteiger partial charge in [-0.1, -0.05) is 146 Å². The highest BCUT2D eigenvalue weighted by Gasteiger charge is 2.19. The third-order valence-electron chi connectivity index (χ3n) is 15.1. The zero-order chi connectivity index (χ0) is 51.5. The Balaban J connectivity index is 0.795. The van der Waals surface area contributed by atoms with Crippen molar-refractivity contribution in [1.29, 1.82) is 0 Å². The Morgan fingerprint density at radius 1 is 0.231 bits per heavy atom. The average molecular weight is 999 g/mol. The van der Waals surface area contributed by atoms with E-state index in [0.29, 0.717) is 11.8 Å². The molecule has 0 N–H and O–H groups in total. The van der Waals surface area contributed by atoms with Gasteiger partial charge in [0.15, 0.2) is 11.2 Å². The number of para-hydroxylation sites is 4. The highest BCUT2D eigenvalue weighted by molar-refractivity contribution is 6.10. The molecule has 0 amide bonds. The number of fused-ring (bicyclic) bond motifs is 7. The van der Waals surface area contributed by atoms with Crippen molar-refractivity contribution < 1.29 is 8.83 Å². The van der Waals surface area contributed by atoms with Crippen LogP contribution in [-0.2, 0) is 0 Å². The van der Waals surface area contributed by atoms with E-state index in [1.807, 2.05) is 48.5 Å². The zero-order valence-electron chi connectivity index (χ0n) is 42.2. The van der Waals surface area contributed by atoms with Crippen LogP contribution in [0.3, 0.4) is 0 Å². The van der Waals surface area contributed by atoms with Crippen LogP contribution < -0.4 is 9.80 Å². The van der Waals surface area contributed by atoms with Gasteiger partial charge in [0.25, 0.3) is 0 Å². The van der Waals surface area contributed by atoms with Crippen LogP contribution in [0.25, 0.3) is 110 Å². The second-order valence-corrected chi connectivity index (χ2v) is 19.8. The minimum atomic E-state index is 0.599. The topological polar surface area (TPSA) is 58.5 Å². The summed E-state index contributed by atoms with van der Waals surface area (Å²) in [5, 5.41) is 9.55. The molecule has 0 unspecified atom stereocenters. The van der Waals surface area contributed by atoms with Crippen molar-refractivity contribution in [2.24, 2.45) is 0 Å². The summed E-state index contributed by atoms with van der Waals surface area (Å²) in [5.74, 6) is 1.20. The van der Waals surface area contributed by atoms with E-state index in [9.17, 15) is 0 Å². The number of nitrogens with zero attached hydrogens (tertiary/aromatic N) is 4.